The third-order valence-corrected chi connectivity index (χ3v) is 1.59. The minimum atomic E-state index is -4.80. The Morgan fingerprint density at radius 3 is 2.27 bits per heavy atom. The van der Waals surface area contributed by atoms with Crippen molar-refractivity contribution >= 4 is 11.9 Å². The quantitative estimate of drug-likeness (QED) is 0.545. The van der Waals surface area contributed by atoms with Crippen LogP contribution in [-0.4, -0.2) is 36.2 Å². The lowest BCUT2D eigenvalue weighted by Crippen LogP contribution is -2.39. The molecule has 8 heteroatoms. The van der Waals surface area contributed by atoms with Gasteiger partial charge in [-0.05, 0) is 0 Å². The SMILES string of the molecule is NC(=O)CCNCC(C(=O)O)C(F)(F)F. The second-order valence-electron chi connectivity index (χ2n) is 2.85. The van der Waals surface area contributed by atoms with Crippen molar-refractivity contribution in [3.63, 3.8) is 0 Å². The molecule has 0 aromatic rings. The smallest absolute Gasteiger partial charge is 0.403 e. The first kappa shape index (κ1) is 13.7. The molecule has 0 rings (SSSR count). The first-order valence-corrected chi connectivity index (χ1v) is 4.03. The minimum absolute atomic E-state index is 0.0742. The summed E-state index contributed by atoms with van der Waals surface area (Å²) in [6, 6.07) is 0. The topological polar surface area (TPSA) is 92.4 Å². The Bertz CT molecular complexity index is 242. The van der Waals surface area contributed by atoms with Gasteiger partial charge in [0.15, 0.2) is 5.92 Å². The first-order valence-electron chi connectivity index (χ1n) is 4.03. The third kappa shape index (κ3) is 5.89. The van der Waals surface area contributed by atoms with Crippen LogP contribution in [0.25, 0.3) is 0 Å². The predicted octanol–water partition coefficient (Wildman–Crippen LogP) is -0.286. The van der Waals surface area contributed by atoms with Crippen LogP contribution in [0.15, 0.2) is 0 Å². The lowest BCUT2D eigenvalue weighted by molar-refractivity contribution is -0.192. The molecule has 0 spiro atoms. The van der Waals surface area contributed by atoms with Gasteiger partial charge in [0.05, 0.1) is 0 Å². The van der Waals surface area contributed by atoms with Crippen molar-refractivity contribution in [2.75, 3.05) is 13.1 Å². The lowest BCUT2D eigenvalue weighted by Gasteiger charge is -2.16. The third-order valence-electron chi connectivity index (χ3n) is 1.59. The van der Waals surface area contributed by atoms with Crippen molar-refractivity contribution in [2.45, 2.75) is 12.6 Å². The molecular weight excluding hydrogens is 217 g/mol. The fourth-order valence-corrected chi connectivity index (χ4v) is 0.801. The van der Waals surface area contributed by atoms with Gasteiger partial charge >= 0.3 is 12.1 Å². The second kappa shape index (κ2) is 5.54. The highest BCUT2D eigenvalue weighted by molar-refractivity contribution is 5.74. The van der Waals surface area contributed by atoms with Crippen LogP contribution in [-0.2, 0) is 9.59 Å². The van der Waals surface area contributed by atoms with Crippen molar-refractivity contribution in [1.29, 1.82) is 0 Å². The van der Waals surface area contributed by atoms with Crippen LogP contribution in [0.1, 0.15) is 6.42 Å². The van der Waals surface area contributed by atoms with Crippen molar-refractivity contribution in [3.05, 3.63) is 0 Å². The van der Waals surface area contributed by atoms with Crippen molar-refractivity contribution in [2.24, 2.45) is 11.7 Å². The Kier molecular flexibility index (Phi) is 5.06. The Labute approximate surface area is 83.4 Å². The predicted molar refractivity (Wildman–Crippen MR) is 43.9 cm³/mol. The molecule has 0 aromatic heterocycles. The number of hydrogen-bond acceptors (Lipinski definition) is 3. The van der Waals surface area contributed by atoms with Crippen molar-refractivity contribution in [1.82, 2.24) is 5.32 Å². The largest absolute Gasteiger partial charge is 0.481 e. The minimum Gasteiger partial charge on any atom is -0.481 e. The summed E-state index contributed by atoms with van der Waals surface area (Å²) in [5.74, 6) is -5.08. The zero-order chi connectivity index (χ0) is 12.1. The van der Waals surface area contributed by atoms with Crippen LogP contribution in [0.5, 0.6) is 0 Å². The molecule has 4 N–H and O–H groups in total. The number of nitrogens with two attached hydrogens (primary N) is 1. The monoisotopic (exact) mass is 228 g/mol. The Hall–Kier alpha value is -1.31. The number of primary amides is 1. The molecule has 1 atom stereocenters. The van der Waals surface area contributed by atoms with Crippen LogP contribution in [0.3, 0.4) is 0 Å². The molecule has 0 aliphatic carbocycles. The number of carboxylic acids is 1. The van der Waals surface area contributed by atoms with Gasteiger partial charge in [-0.1, -0.05) is 0 Å². The van der Waals surface area contributed by atoms with Crippen molar-refractivity contribution < 1.29 is 27.9 Å². The molecule has 0 saturated carbocycles. The van der Waals surface area contributed by atoms with E-state index in [0.717, 1.165) is 0 Å². The maximum absolute atomic E-state index is 12.0. The number of rotatable bonds is 6. The van der Waals surface area contributed by atoms with Gasteiger partial charge in [0.2, 0.25) is 5.91 Å². The highest BCUT2D eigenvalue weighted by Crippen LogP contribution is 2.25. The van der Waals surface area contributed by atoms with E-state index >= 15 is 0 Å². The zero-order valence-electron chi connectivity index (χ0n) is 7.67. The average molecular weight is 228 g/mol. The van der Waals surface area contributed by atoms with E-state index in [1.807, 2.05) is 0 Å². The normalized spacial score (nSPS) is 13.5. The summed E-state index contributed by atoms with van der Waals surface area (Å²) in [7, 11) is 0. The van der Waals surface area contributed by atoms with Gasteiger partial charge in [0.25, 0.3) is 0 Å². The number of aliphatic carboxylic acids is 1. The molecule has 0 heterocycles. The molecule has 0 radical (unpaired) electrons. The number of carbonyl (C=O) groups excluding carboxylic acids is 1. The number of carbonyl (C=O) groups is 2. The summed E-state index contributed by atoms with van der Waals surface area (Å²) in [6.07, 6.45) is -4.93. The Morgan fingerprint density at radius 1 is 1.40 bits per heavy atom. The molecule has 1 unspecified atom stereocenters. The molecule has 0 aromatic carbocycles. The van der Waals surface area contributed by atoms with Gasteiger partial charge in [0, 0.05) is 19.5 Å². The first-order chi connectivity index (χ1) is 6.75. The van der Waals surface area contributed by atoms with Gasteiger partial charge in [-0.15, -0.1) is 0 Å². The van der Waals surface area contributed by atoms with Gasteiger partial charge in [0.1, 0.15) is 0 Å². The molecule has 1 amide bonds. The van der Waals surface area contributed by atoms with Gasteiger partial charge in [-0.25, -0.2) is 0 Å². The van der Waals surface area contributed by atoms with Crippen LogP contribution >= 0.6 is 0 Å². The summed E-state index contributed by atoms with van der Waals surface area (Å²) < 4.78 is 36.1. The second-order valence-corrected chi connectivity index (χ2v) is 2.85. The highest BCUT2D eigenvalue weighted by atomic mass is 19.4. The van der Waals surface area contributed by atoms with Gasteiger partial charge < -0.3 is 16.2 Å². The molecule has 0 fully saturated rings. The van der Waals surface area contributed by atoms with E-state index in [9.17, 15) is 22.8 Å². The Balaban J connectivity index is 3.99. The molecule has 15 heavy (non-hydrogen) atoms. The fraction of sp³-hybridized carbons (Fsp3) is 0.714. The van der Waals surface area contributed by atoms with E-state index in [1.54, 1.807) is 0 Å². The summed E-state index contributed by atoms with van der Waals surface area (Å²) in [6.45, 7) is -0.846. The average Bonchev–Trinajstić information content (AvgIpc) is 1.99. The number of alkyl halides is 3. The van der Waals surface area contributed by atoms with E-state index < -0.39 is 30.5 Å². The summed E-state index contributed by atoms with van der Waals surface area (Å²) >= 11 is 0. The number of halogens is 3. The zero-order valence-corrected chi connectivity index (χ0v) is 7.67. The molecule has 0 saturated heterocycles. The molecular formula is C7H11F3N2O3. The van der Waals surface area contributed by atoms with Crippen molar-refractivity contribution in [3.8, 4) is 0 Å². The molecule has 0 aliphatic rings. The number of carboxylic acid groups (broad SMARTS) is 1. The standard InChI is InChI=1S/C7H11F3N2O3/c8-7(9,10)4(6(14)15)3-12-2-1-5(11)13/h4,12H,1-3H2,(H2,11,13)(H,14,15). The highest BCUT2D eigenvalue weighted by Gasteiger charge is 2.44. The molecule has 88 valence electrons. The van der Waals surface area contributed by atoms with Gasteiger partial charge in [-0.3, -0.25) is 9.59 Å². The van der Waals surface area contributed by atoms with Crippen LogP contribution in [0, 0.1) is 5.92 Å². The number of amides is 1. The number of hydrogen-bond donors (Lipinski definition) is 3. The van der Waals surface area contributed by atoms with Gasteiger partial charge in [-0.2, -0.15) is 13.2 Å². The molecule has 5 nitrogen and oxygen atoms in total. The van der Waals surface area contributed by atoms with E-state index in [2.05, 4.69) is 5.32 Å². The van der Waals surface area contributed by atoms with E-state index in [1.165, 1.54) is 0 Å². The van der Waals surface area contributed by atoms with E-state index in [0.29, 0.717) is 0 Å². The van der Waals surface area contributed by atoms with E-state index in [-0.39, 0.29) is 13.0 Å². The maximum Gasteiger partial charge on any atom is 0.403 e. The van der Waals surface area contributed by atoms with Crippen LogP contribution in [0.4, 0.5) is 13.2 Å². The lowest BCUT2D eigenvalue weighted by atomic mass is 10.1. The number of nitrogens with one attached hydrogen (secondary N) is 1. The Morgan fingerprint density at radius 2 is 1.93 bits per heavy atom. The summed E-state index contributed by atoms with van der Waals surface area (Å²) in [5.41, 5.74) is 4.74. The maximum atomic E-state index is 12.0. The summed E-state index contributed by atoms with van der Waals surface area (Å²) in [4.78, 5) is 20.4. The molecule has 0 bridgehead atoms. The molecule has 0 aliphatic heterocycles. The fourth-order valence-electron chi connectivity index (χ4n) is 0.801. The van der Waals surface area contributed by atoms with Crippen LogP contribution in [0.2, 0.25) is 0 Å². The summed E-state index contributed by atoms with van der Waals surface area (Å²) in [5, 5.41) is 10.5. The van der Waals surface area contributed by atoms with E-state index in [4.69, 9.17) is 10.8 Å². The van der Waals surface area contributed by atoms with Crippen LogP contribution < -0.4 is 11.1 Å².